The molecule has 1 aliphatic rings. The number of hydrogen-bond donors (Lipinski definition) is 2. The zero-order chi connectivity index (χ0) is 14.1. The van der Waals surface area contributed by atoms with Crippen molar-refractivity contribution in [2.75, 3.05) is 12.3 Å². The highest BCUT2D eigenvalue weighted by molar-refractivity contribution is 5.90. The van der Waals surface area contributed by atoms with Crippen LogP contribution in [0.2, 0.25) is 0 Å². The molecule has 3 N–H and O–H groups in total. The lowest BCUT2D eigenvalue weighted by Gasteiger charge is -2.28. The van der Waals surface area contributed by atoms with Crippen LogP contribution in [0.4, 0.5) is 5.69 Å². The average Bonchev–Trinajstić information content (AvgIpc) is 2.95. The largest absolute Gasteiger partial charge is 0.398 e. The summed E-state index contributed by atoms with van der Waals surface area (Å²) < 4.78 is 0. The van der Waals surface area contributed by atoms with Crippen molar-refractivity contribution in [2.24, 2.45) is 0 Å². The second-order valence-corrected chi connectivity index (χ2v) is 4.92. The van der Waals surface area contributed by atoms with E-state index in [1.54, 1.807) is 4.90 Å². The van der Waals surface area contributed by atoms with Gasteiger partial charge in [-0.05, 0) is 23.6 Å². The second-order valence-electron chi connectivity index (χ2n) is 4.92. The van der Waals surface area contributed by atoms with Gasteiger partial charge in [-0.2, -0.15) is 0 Å². The number of carbonyl (C=O) groups excluding carboxylic acids is 1. The highest BCUT2D eigenvalue weighted by Gasteiger charge is 2.25. The Kier molecular flexibility index (Phi) is 3.14. The smallest absolute Gasteiger partial charge is 0.293 e. The summed E-state index contributed by atoms with van der Waals surface area (Å²) in [5.41, 5.74) is 9.03. The summed E-state index contributed by atoms with van der Waals surface area (Å²) in [5.74, 6) is 0.846. The van der Waals surface area contributed by atoms with E-state index in [-0.39, 0.29) is 11.7 Å². The lowest BCUT2D eigenvalue weighted by atomic mass is 9.98. The molecular formula is C14H17N5O. The SMILES string of the molecule is CCc1nc(C(=O)N2CCc3c(N)cccc3C2)n[nH]1. The molecule has 0 aliphatic carbocycles. The van der Waals surface area contributed by atoms with E-state index in [2.05, 4.69) is 15.2 Å². The fourth-order valence-corrected chi connectivity index (χ4v) is 2.50. The van der Waals surface area contributed by atoms with Gasteiger partial charge < -0.3 is 10.6 Å². The topological polar surface area (TPSA) is 87.9 Å². The molecule has 0 radical (unpaired) electrons. The number of fused-ring (bicyclic) bond motifs is 1. The molecule has 6 nitrogen and oxygen atoms in total. The number of nitrogens with two attached hydrogens (primary N) is 1. The van der Waals surface area contributed by atoms with Crippen LogP contribution in [0.15, 0.2) is 18.2 Å². The van der Waals surface area contributed by atoms with Crippen molar-refractivity contribution >= 4 is 11.6 Å². The van der Waals surface area contributed by atoms with Crippen LogP contribution in [-0.2, 0) is 19.4 Å². The molecule has 6 heteroatoms. The number of aromatic amines is 1. The molecule has 0 unspecified atom stereocenters. The Hall–Kier alpha value is -2.37. The van der Waals surface area contributed by atoms with Gasteiger partial charge in [0.15, 0.2) is 0 Å². The van der Waals surface area contributed by atoms with Crippen LogP contribution in [0, 0.1) is 0 Å². The maximum atomic E-state index is 12.4. The van der Waals surface area contributed by atoms with Gasteiger partial charge >= 0.3 is 0 Å². The minimum Gasteiger partial charge on any atom is -0.398 e. The van der Waals surface area contributed by atoms with Crippen LogP contribution < -0.4 is 5.73 Å². The van der Waals surface area contributed by atoms with E-state index in [9.17, 15) is 4.79 Å². The van der Waals surface area contributed by atoms with E-state index in [1.165, 1.54) is 0 Å². The van der Waals surface area contributed by atoms with Gasteiger partial charge in [-0.3, -0.25) is 9.89 Å². The van der Waals surface area contributed by atoms with E-state index in [0.29, 0.717) is 13.1 Å². The molecule has 0 atom stereocenters. The molecule has 2 aromatic rings. The average molecular weight is 271 g/mol. The monoisotopic (exact) mass is 271 g/mol. The van der Waals surface area contributed by atoms with Gasteiger partial charge in [-0.25, -0.2) is 4.98 Å². The molecule has 104 valence electrons. The Bertz CT molecular complexity index is 649. The first kappa shape index (κ1) is 12.7. The lowest BCUT2D eigenvalue weighted by molar-refractivity contribution is 0.0723. The summed E-state index contributed by atoms with van der Waals surface area (Å²) >= 11 is 0. The summed E-state index contributed by atoms with van der Waals surface area (Å²) in [4.78, 5) is 18.3. The van der Waals surface area contributed by atoms with Gasteiger partial charge in [0.05, 0.1) is 0 Å². The van der Waals surface area contributed by atoms with Crippen LogP contribution in [-0.4, -0.2) is 32.5 Å². The standard InChI is InChI=1S/C14H17N5O/c1-2-12-16-13(18-17-12)14(20)19-7-6-10-9(8-19)4-3-5-11(10)15/h3-5H,2,6-8,15H2,1H3,(H,16,17,18). The van der Waals surface area contributed by atoms with E-state index < -0.39 is 0 Å². The first-order valence-corrected chi connectivity index (χ1v) is 6.76. The number of amides is 1. The van der Waals surface area contributed by atoms with Crippen LogP contribution in [0.5, 0.6) is 0 Å². The summed E-state index contributed by atoms with van der Waals surface area (Å²) in [5, 5.41) is 6.76. The van der Waals surface area contributed by atoms with Crippen LogP contribution in [0.25, 0.3) is 0 Å². The Morgan fingerprint density at radius 2 is 2.35 bits per heavy atom. The van der Waals surface area contributed by atoms with Crippen molar-refractivity contribution in [3.63, 3.8) is 0 Å². The van der Waals surface area contributed by atoms with Crippen molar-refractivity contribution in [3.8, 4) is 0 Å². The number of benzene rings is 1. The predicted octanol–water partition coefficient (Wildman–Crippen LogP) is 1.15. The summed E-state index contributed by atoms with van der Waals surface area (Å²) in [7, 11) is 0. The Balaban J connectivity index is 1.81. The van der Waals surface area contributed by atoms with E-state index in [1.807, 2.05) is 25.1 Å². The molecule has 0 bridgehead atoms. The molecule has 1 amide bonds. The third-order valence-corrected chi connectivity index (χ3v) is 3.65. The van der Waals surface area contributed by atoms with Gasteiger partial charge in [0.2, 0.25) is 5.82 Å². The maximum absolute atomic E-state index is 12.4. The predicted molar refractivity (Wildman–Crippen MR) is 75.1 cm³/mol. The van der Waals surface area contributed by atoms with Crippen molar-refractivity contribution < 1.29 is 4.79 Å². The molecular weight excluding hydrogens is 254 g/mol. The van der Waals surface area contributed by atoms with Crippen molar-refractivity contribution in [1.29, 1.82) is 0 Å². The molecule has 1 aromatic heterocycles. The van der Waals surface area contributed by atoms with Gasteiger partial charge in [-0.15, -0.1) is 5.10 Å². The Morgan fingerprint density at radius 3 is 3.10 bits per heavy atom. The highest BCUT2D eigenvalue weighted by atomic mass is 16.2. The van der Waals surface area contributed by atoms with Crippen molar-refractivity contribution in [3.05, 3.63) is 41.0 Å². The second kappa shape index (κ2) is 4.96. The quantitative estimate of drug-likeness (QED) is 0.802. The maximum Gasteiger partial charge on any atom is 0.293 e. The first-order valence-electron chi connectivity index (χ1n) is 6.76. The van der Waals surface area contributed by atoms with E-state index >= 15 is 0 Å². The minimum atomic E-state index is -0.131. The summed E-state index contributed by atoms with van der Waals surface area (Å²) in [6.45, 7) is 3.18. The number of H-pyrrole nitrogens is 1. The van der Waals surface area contributed by atoms with Crippen LogP contribution >= 0.6 is 0 Å². The molecule has 0 spiro atoms. The number of aryl methyl sites for hydroxylation is 1. The fourth-order valence-electron chi connectivity index (χ4n) is 2.50. The molecule has 1 aliphatic heterocycles. The molecule has 20 heavy (non-hydrogen) atoms. The van der Waals surface area contributed by atoms with Gasteiger partial charge in [0.25, 0.3) is 5.91 Å². The van der Waals surface area contributed by atoms with E-state index in [0.717, 1.165) is 35.5 Å². The number of aromatic nitrogens is 3. The van der Waals surface area contributed by atoms with Crippen LogP contribution in [0.1, 0.15) is 34.5 Å². The van der Waals surface area contributed by atoms with Gasteiger partial charge in [0.1, 0.15) is 5.82 Å². The van der Waals surface area contributed by atoms with Crippen molar-refractivity contribution in [2.45, 2.75) is 26.3 Å². The number of nitrogens with one attached hydrogen (secondary N) is 1. The minimum absolute atomic E-state index is 0.131. The Labute approximate surface area is 117 Å². The number of anilines is 1. The number of hydrogen-bond acceptors (Lipinski definition) is 4. The molecule has 2 heterocycles. The fraction of sp³-hybridized carbons (Fsp3) is 0.357. The summed E-state index contributed by atoms with van der Waals surface area (Å²) in [6, 6.07) is 5.84. The molecule has 0 fully saturated rings. The lowest BCUT2D eigenvalue weighted by Crippen LogP contribution is -2.36. The third-order valence-electron chi connectivity index (χ3n) is 3.65. The molecule has 1 aromatic carbocycles. The summed E-state index contributed by atoms with van der Waals surface area (Å²) in [6.07, 6.45) is 1.51. The Morgan fingerprint density at radius 1 is 1.50 bits per heavy atom. The zero-order valence-electron chi connectivity index (χ0n) is 11.4. The normalized spacial score (nSPS) is 14.2. The number of carbonyl (C=O) groups is 1. The number of nitrogen functional groups attached to an aromatic ring is 1. The van der Waals surface area contributed by atoms with Crippen molar-refractivity contribution in [1.82, 2.24) is 20.1 Å². The highest BCUT2D eigenvalue weighted by Crippen LogP contribution is 2.24. The number of nitrogens with zero attached hydrogens (tertiary/aromatic N) is 3. The molecule has 0 saturated heterocycles. The van der Waals surface area contributed by atoms with Crippen LogP contribution in [0.3, 0.4) is 0 Å². The molecule has 3 rings (SSSR count). The molecule has 0 saturated carbocycles. The third kappa shape index (κ3) is 2.13. The zero-order valence-corrected chi connectivity index (χ0v) is 11.4. The first-order chi connectivity index (χ1) is 9.69. The van der Waals surface area contributed by atoms with Gasteiger partial charge in [-0.1, -0.05) is 19.1 Å². The van der Waals surface area contributed by atoms with Gasteiger partial charge in [0, 0.05) is 25.2 Å². The van der Waals surface area contributed by atoms with E-state index in [4.69, 9.17) is 5.73 Å². The number of rotatable bonds is 2.